The normalized spacial score (nSPS) is 10.0. The van der Waals surface area contributed by atoms with Crippen molar-refractivity contribution in [3.8, 4) is 17.6 Å². The summed E-state index contributed by atoms with van der Waals surface area (Å²) in [6.45, 7) is 6.90. The molecule has 0 spiro atoms. The molecule has 1 aromatic carbocycles. The molecular weight excluding hydrogens is 262 g/mol. The number of nitrogens with zero attached hydrogens (tertiary/aromatic N) is 2. The van der Waals surface area contributed by atoms with Crippen molar-refractivity contribution in [2.24, 2.45) is 0 Å². The third kappa shape index (κ3) is 3.73. The molecular formula is C17H19N3O. The largest absolute Gasteiger partial charge is 0.455 e. The SMILES string of the molecule is CCCNc1cncc(Oc2c(C)cc(C#N)cc2C)c1. The summed E-state index contributed by atoms with van der Waals surface area (Å²) in [6, 6.07) is 7.74. The summed E-state index contributed by atoms with van der Waals surface area (Å²) in [4.78, 5) is 4.19. The molecule has 0 saturated heterocycles. The van der Waals surface area contributed by atoms with E-state index in [1.807, 2.05) is 32.0 Å². The highest BCUT2D eigenvalue weighted by Gasteiger charge is 2.08. The summed E-state index contributed by atoms with van der Waals surface area (Å²) < 4.78 is 5.95. The molecule has 0 aliphatic heterocycles. The fourth-order valence-electron chi connectivity index (χ4n) is 2.13. The summed E-state index contributed by atoms with van der Waals surface area (Å²) in [7, 11) is 0. The van der Waals surface area contributed by atoms with Gasteiger partial charge in [0, 0.05) is 12.6 Å². The summed E-state index contributed by atoms with van der Waals surface area (Å²) in [6.07, 6.45) is 4.52. The van der Waals surface area contributed by atoms with E-state index in [2.05, 4.69) is 23.3 Å². The zero-order valence-electron chi connectivity index (χ0n) is 12.6. The molecule has 1 heterocycles. The Balaban J connectivity index is 2.24. The Bertz CT molecular complexity index is 651. The Kier molecular flexibility index (Phi) is 4.78. The minimum Gasteiger partial charge on any atom is -0.455 e. The van der Waals surface area contributed by atoms with Gasteiger partial charge in [-0.1, -0.05) is 6.92 Å². The van der Waals surface area contributed by atoms with Gasteiger partial charge in [0.1, 0.15) is 11.5 Å². The quantitative estimate of drug-likeness (QED) is 0.893. The first-order valence-corrected chi connectivity index (χ1v) is 7.02. The molecule has 1 aromatic heterocycles. The average molecular weight is 281 g/mol. The van der Waals surface area contributed by atoms with Crippen molar-refractivity contribution in [2.75, 3.05) is 11.9 Å². The number of hydrogen-bond donors (Lipinski definition) is 1. The Hall–Kier alpha value is -2.54. The number of pyridine rings is 1. The first-order chi connectivity index (χ1) is 10.1. The minimum atomic E-state index is 0.647. The number of aryl methyl sites for hydroxylation is 2. The van der Waals surface area contributed by atoms with Gasteiger partial charge in [-0.05, 0) is 43.5 Å². The van der Waals surface area contributed by atoms with E-state index in [-0.39, 0.29) is 0 Å². The smallest absolute Gasteiger partial charge is 0.147 e. The predicted octanol–water partition coefficient (Wildman–Crippen LogP) is 4.18. The number of aromatic nitrogens is 1. The number of ether oxygens (including phenoxy) is 1. The average Bonchev–Trinajstić information content (AvgIpc) is 2.49. The van der Waals surface area contributed by atoms with Gasteiger partial charge >= 0.3 is 0 Å². The van der Waals surface area contributed by atoms with Crippen LogP contribution in [0.5, 0.6) is 11.5 Å². The monoisotopic (exact) mass is 281 g/mol. The van der Waals surface area contributed by atoms with Crippen LogP contribution in [0.4, 0.5) is 5.69 Å². The van der Waals surface area contributed by atoms with Gasteiger partial charge in [-0.2, -0.15) is 5.26 Å². The molecule has 21 heavy (non-hydrogen) atoms. The molecule has 4 heteroatoms. The van der Waals surface area contributed by atoms with Gasteiger partial charge in [0.05, 0.1) is 29.7 Å². The van der Waals surface area contributed by atoms with E-state index in [0.29, 0.717) is 11.3 Å². The van der Waals surface area contributed by atoms with Gasteiger partial charge < -0.3 is 10.1 Å². The van der Waals surface area contributed by atoms with E-state index in [9.17, 15) is 0 Å². The van der Waals surface area contributed by atoms with Gasteiger partial charge in [-0.3, -0.25) is 4.98 Å². The molecule has 108 valence electrons. The molecule has 0 bridgehead atoms. The topological polar surface area (TPSA) is 57.9 Å². The van der Waals surface area contributed by atoms with Crippen molar-refractivity contribution >= 4 is 5.69 Å². The maximum atomic E-state index is 8.98. The Morgan fingerprint density at radius 2 is 1.90 bits per heavy atom. The zero-order chi connectivity index (χ0) is 15.2. The van der Waals surface area contributed by atoms with Crippen LogP contribution in [0.25, 0.3) is 0 Å². The van der Waals surface area contributed by atoms with Crippen molar-refractivity contribution in [3.05, 3.63) is 47.3 Å². The van der Waals surface area contributed by atoms with Gasteiger partial charge in [0.2, 0.25) is 0 Å². The molecule has 2 aromatic rings. The van der Waals surface area contributed by atoms with Crippen LogP contribution < -0.4 is 10.1 Å². The third-order valence-corrected chi connectivity index (χ3v) is 3.10. The molecule has 0 atom stereocenters. The zero-order valence-corrected chi connectivity index (χ0v) is 12.6. The fraction of sp³-hybridized carbons (Fsp3) is 0.294. The van der Waals surface area contributed by atoms with E-state index >= 15 is 0 Å². The first-order valence-electron chi connectivity index (χ1n) is 7.02. The summed E-state index contributed by atoms with van der Waals surface area (Å²) in [5.74, 6) is 1.47. The second-order valence-electron chi connectivity index (χ2n) is 4.99. The molecule has 0 radical (unpaired) electrons. The number of anilines is 1. The number of benzene rings is 1. The molecule has 2 rings (SSSR count). The molecule has 0 saturated carbocycles. The van der Waals surface area contributed by atoms with Gasteiger partial charge in [-0.25, -0.2) is 0 Å². The molecule has 0 aliphatic carbocycles. The summed E-state index contributed by atoms with van der Waals surface area (Å²) in [5.41, 5.74) is 3.48. The Morgan fingerprint density at radius 1 is 1.19 bits per heavy atom. The van der Waals surface area contributed by atoms with Crippen LogP contribution in [0, 0.1) is 25.2 Å². The van der Waals surface area contributed by atoms with E-state index in [1.54, 1.807) is 12.4 Å². The van der Waals surface area contributed by atoms with Gasteiger partial charge in [-0.15, -0.1) is 0 Å². The van der Waals surface area contributed by atoms with Gasteiger partial charge in [0.15, 0.2) is 0 Å². The van der Waals surface area contributed by atoms with Crippen molar-refractivity contribution in [1.29, 1.82) is 5.26 Å². The standard InChI is InChI=1S/C17H19N3O/c1-4-5-20-15-8-16(11-19-10-15)21-17-12(2)6-14(9-18)7-13(17)3/h6-8,10-11,20H,4-5H2,1-3H3. The minimum absolute atomic E-state index is 0.647. The van der Waals surface area contributed by atoms with Crippen molar-refractivity contribution in [2.45, 2.75) is 27.2 Å². The lowest BCUT2D eigenvalue weighted by molar-refractivity contribution is 0.473. The summed E-state index contributed by atoms with van der Waals surface area (Å²) >= 11 is 0. The van der Waals surface area contributed by atoms with Crippen molar-refractivity contribution in [3.63, 3.8) is 0 Å². The lowest BCUT2D eigenvalue weighted by Crippen LogP contribution is -2.00. The number of rotatable bonds is 5. The van der Waals surface area contributed by atoms with Crippen LogP contribution in [-0.4, -0.2) is 11.5 Å². The number of nitrogens with one attached hydrogen (secondary N) is 1. The second-order valence-corrected chi connectivity index (χ2v) is 4.99. The van der Waals surface area contributed by atoms with Crippen molar-refractivity contribution in [1.82, 2.24) is 4.98 Å². The van der Waals surface area contributed by atoms with Crippen LogP contribution in [0.15, 0.2) is 30.6 Å². The first kappa shape index (κ1) is 14.9. The van der Waals surface area contributed by atoms with E-state index in [4.69, 9.17) is 10.00 Å². The molecule has 4 nitrogen and oxygen atoms in total. The molecule has 0 unspecified atom stereocenters. The van der Waals surface area contributed by atoms with Crippen molar-refractivity contribution < 1.29 is 4.74 Å². The Morgan fingerprint density at radius 3 is 2.52 bits per heavy atom. The van der Waals surface area contributed by atoms with Crippen LogP contribution >= 0.6 is 0 Å². The Labute approximate surface area is 125 Å². The highest BCUT2D eigenvalue weighted by molar-refractivity contribution is 5.51. The third-order valence-electron chi connectivity index (χ3n) is 3.10. The lowest BCUT2D eigenvalue weighted by atomic mass is 10.1. The van der Waals surface area contributed by atoms with E-state index in [0.717, 1.165) is 35.5 Å². The second kappa shape index (κ2) is 6.76. The predicted molar refractivity (Wildman–Crippen MR) is 83.7 cm³/mol. The maximum absolute atomic E-state index is 8.98. The summed E-state index contributed by atoms with van der Waals surface area (Å²) in [5, 5.41) is 12.3. The molecule has 0 aliphatic rings. The lowest BCUT2D eigenvalue weighted by Gasteiger charge is -2.13. The van der Waals surface area contributed by atoms with E-state index in [1.165, 1.54) is 0 Å². The molecule has 1 N–H and O–H groups in total. The highest BCUT2D eigenvalue weighted by Crippen LogP contribution is 2.30. The number of nitriles is 1. The molecule has 0 fully saturated rings. The van der Waals surface area contributed by atoms with Gasteiger partial charge in [0.25, 0.3) is 0 Å². The highest BCUT2D eigenvalue weighted by atomic mass is 16.5. The van der Waals surface area contributed by atoms with E-state index < -0.39 is 0 Å². The fourth-order valence-corrected chi connectivity index (χ4v) is 2.13. The van der Waals surface area contributed by atoms with Crippen LogP contribution in [0.2, 0.25) is 0 Å². The maximum Gasteiger partial charge on any atom is 0.147 e. The van der Waals surface area contributed by atoms with Crippen LogP contribution in [-0.2, 0) is 0 Å². The van der Waals surface area contributed by atoms with Crippen LogP contribution in [0.1, 0.15) is 30.0 Å². The number of hydrogen-bond acceptors (Lipinski definition) is 4. The van der Waals surface area contributed by atoms with Crippen LogP contribution in [0.3, 0.4) is 0 Å². The molecule has 0 amide bonds.